The standard InChI is InChI=1S/C17H15F3N4O4/c18-8-2-1-6(3-9(8)19)11(25)14-12(26)13(27)16(28-14)24-5-10(20)7-4-22-17(21)23-15(7)24/h1-5,11-14,16,25-27H,(H2,21,22,23)/t11?,12-,13+,14?,16?/m0/s1. The molecule has 1 fully saturated rings. The van der Waals surface area contributed by atoms with Gasteiger partial charge in [0.05, 0.1) is 5.39 Å². The van der Waals surface area contributed by atoms with Gasteiger partial charge < -0.3 is 30.4 Å². The van der Waals surface area contributed by atoms with E-state index in [0.717, 1.165) is 35.2 Å². The molecular formula is C17H15F3N4O4. The van der Waals surface area contributed by atoms with Gasteiger partial charge in [-0.3, -0.25) is 0 Å². The predicted molar refractivity (Wildman–Crippen MR) is 89.1 cm³/mol. The zero-order chi connectivity index (χ0) is 20.2. The topological polar surface area (TPSA) is 127 Å². The van der Waals surface area contributed by atoms with Crippen LogP contribution in [0.25, 0.3) is 11.0 Å². The molecule has 0 amide bonds. The predicted octanol–water partition coefficient (Wildman–Crippen LogP) is 0.784. The second-order valence-electron chi connectivity index (χ2n) is 6.44. The fourth-order valence-corrected chi connectivity index (χ4v) is 3.26. The number of nitrogens with two attached hydrogens (primary N) is 1. The largest absolute Gasteiger partial charge is 0.387 e. The second-order valence-corrected chi connectivity index (χ2v) is 6.44. The molecule has 0 bridgehead atoms. The Morgan fingerprint density at radius 1 is 1.11 bits per heavy atom. The normalized spacial score (nSPS) is 26.1. The van der Waals surface area contributed by atoms with Gasteiger partial charge in [0, 0.05) is 12.4 Å². The fourth-order valence-electron chi connectivity index (χ4n) is 3.26. The van der Waals surface area contributed by atoms with Crippen LogP contribution in [-0.2, 0) is 4.74 Å². The van der Waals surface area contributed by atoms with Gasteiger partial charge in [-0.15, -0.1) is 0 Å². The van der Waals surface area contributed by atoms with Crippen molar-refractivity contribution in [2.24, 2.45) is 0 Å². The smallest absolute Gasteiger partial charge is 0.221 e. The second kappa shape index (κ2) is 6.71. The molecule has 0 aliphatic carbocycles. The number of ether oxygens (including phenoxy) is 1. The van der Waals surface area contributed by atoms with Crippen molar-refractivity contribution in [2.75, 3.05) is 5.73 Å². The lowest BCUT2D eigenvalue weighted by Gasteiger charge is -2.21. The van der Waals surface area contributed by atoms with Crippen LogP contribution in [0.3, 0.4) is 0 Å². The Hall–Kier alpha value is -2.73. The van der Waals surface area contributed by atoms with E-state index in [2.05, 4.69) is 9.97 Å². The lowest BCUT2D eigenvalue weighted by molar-refractivity contribution is -0.0850. The van der Waals surface area contributed by atoms with E-state index in [-0.39, 0.29) is 22.5 Å². The molecule has 1 aromatic carbocycles. The number of anilines is 1. The molecule has 11 heteroatoms. The number of fused-ring (bicyclic) bond motifs is 1. The first-order chi connectivity index (χ1) is 13.3. The molecule has 3 aromatic rings. The number of hydrogen-bond donors (Lipinski definition) is 4. The minimum Gasteiger partial charge on any atom is -0.387 e. The molecule has 0 spiro atoms. The molecule has 0 radical (unpaired) electrons. The van der Waals surface area contributed by atoms with Crippen LogP contribution in [0.2, 0.25) is 0 Å². The summed E-state index contributed by atoms with van der Waals surface area (Å²) in [6.45, 7) is 0. The van der Waals surface area contributed by atoms with E-state index in [1.807, 2.05) is 0 Å². The maximum absolute atomic E-state index is 14.2. The van der Waals surface area contributed by atoms with Crippen LogP contribution in [0.4, 0.5) is 19.1 Å². The van der Waals surface area contributed by atoms with Crippen LogP contribution in [0, 0.1) is 17.5 Å². The number of hydrogen-bond acceptors (Lipinski definition) is 7. The maximum Gasteiger partial charge on any atom is 0.221 e. The monoisotopic (exact) mass is 396 g/mol. The van der Waals surface area contributed by atoms with Crippen LogP contribution in [-0.4, -0.2) is 48.2 Å². The van der Waals surface area contributed by atoms with Gasteiger partial charge in [-0.1, -0.05) is 6.07 Å². The quantitative estimate of drug-likeness (QED) is 0.515. The Balaban J connectivity index is 1.68. The van der Waals surface area contributed by atoms with Gasteiger partial charge in [-0.25, -0.2) is 18.2 Å². The molecule has 5 atom stereocenters. The van der Waals surface area contributed by atoms with Gasteiger partial charge in [-0.2, -0.15) is 4.98 Å². The number of nitrogens with zero attached hydrogens (tertiary/aromatic N) is 3. The SMILES string of the molecule is Nc1ncc2c(F)cn(C3OC(C(O)c4ccc(F)c(F)c4)[C@@H](O)[C@H]3O)c2n1. The van der Waals surface area contributed by atoms with E-state index < -0.39 is 48.1 Å². The summed E-state index contributed by atoms with van der Waals surface area (Å²) in [7, 11) is 0. The molecule has 148 valence electrons. The van der Waals surface area contributed by atoms with Crippen LogP contribution >= 0.6 is 0 Å². The lowest BCUT2D eigenvalue weighted by Crippen LogP contribution is -2.34. The van der Waals surface area contributed by atoms with E-state index in [0.29, 0.717) is 0 Å². The van der Waals surface area contributed by atoms with E-state index in [1.165, 1.54) is 0 Å². The number of rotatable bonds is 3. The maximum atomic E-state index is 14.2. The Kier molecular flexibility index (Phi) is 4.46. The van der Waals surface area contributed by atoms with Crippen molar-refractivity contribution in [3.63, 3.8) is 0 Å². The van der Waals surface area contributed by atoms with Crippen molar-refractivity contribution in [2.45, 2.75) is 30.6 Å². The third kappa shape index (κ3) is 2.88. The number of halogens is 3. The van der Waals surface area contributed by atoms with E-state index in [9.17, 15) is 28.5 Å². The van der Waals surface area contributed by atoms with Crippen molar-refractivity contribution in [1.29, 1.82) is 0 Å². The fraction of sp³-hybridized carbons (Fsp3) is 0.294. The highest BCUT2D eigenvalue weighted by atomic mass is 19.2. The molecule has 4 rings (SSSR count). The Morgan fingerprint density at radius 2 is 1.86 bits per heavy atom. The van der Waals surface area contributed by atoms with Crippen molar-refractivity contribution in [3.8, 4) is 0 Å². The molecule has 1 aliphatic heterocycles. The van der Waals surface area contributed by atoms with Crippen molar-refractivity contribution >= 4 is 17.0 Å². The van der Waals surface area contributed by atoms with Crippen LogP contribution in [0.15, 0.2) is 30.6 Å². The van der Waals surface area contributed by atoms with Crippen LogP contribution in [0.5, 0.6) is 0 Å². The molecular weight excluding hydrogens is 381 g/mol. The summed E-state index contributed by atoms with van der Waals surface area (Å²) in [4.78, 5) is 7.61. The van der Waals surface area contributed by atoms with Gasteiger partial charge in [0.15, 0.2) is 29.3 Å². The Bertz CT molecular complexity index is 1050. The first kappa shape index (κ1) is 18.6. The summed E-state index contributed by atoms with van der Waals surface area (Å²) < 4.78 is 47.4. The summed E-state index contributed by atoms with van der Waals surface area (Å²) in [6.07, 6.45) is -5.33. The van der Waals surface area contributed by atoms with Crippen LogP contribution < -0.4 is 5.73 Å². The van der Waals surface area contributed by atoms with E-state index in [4.69, 9.17) is 10.5 Å². The average molecular weight is 396 g/mol. The minimum absolute atomic E-state index is 0.0177. The molecule has 5 N–H and O–H groups in total. The highest BCUT2D eigenvalue weighted by Gasteiger charge is 2.47. The van der Waals surface area contributed by atoms with Crippen molar-refractivity contribution in [1.82, 2.24) is 14.5 Å². The molecule has 1 saturated heterocycles. The van der Waals surface area contributed by atoms with Gasteiger partial charge in [0.2, 0.25) is 5.95 Å². The van der Waals surface area contributed by atoms with E-state index >= 15 is 0 Å². The minimum atomic E-state index is -1.60. The van der Waals surface area contributed by atoms with Crippen molar-refractivity contribution < 1.29 is 33.2 Å². The Labute approximate surface area is 155 Å². The van der Waals surface area contributed by atoms with E-state index in [1.54, 1.807) is 0 Å². The summed E-state index contributed by atoms with van der Waals surface area (Å²) >= 11 is 0. The van der Waals surface area contributed by atoms with Gasteiger partial charge in [-0.05, 0) is 17.7 Å². The number of benzene rings is 1. The number of aliphatic hydroxyl groups is 3. The molecule has 0 saturated carbocycles. The van der Waals surface area contributed by atoms with Gasteiger partial charge in [0.25, 0.3) is 0 Å². The summed E-state index contributed by atoms with van der Waals surface area (Å²) in [5, 5.41) is 31.1. The highest BCUT2D eigenvalue weighted by molar-refractivity contribution is 5.77. The molecule has 28 heavy (non-hydrogen) atoms. The molecule has 3 heterocycles. The summed E-state index contributed by atoms with van der Waals surface area (Å²) in [5.41, 5.74) is 5.48. The van der Waals surface area contributed by atoms with Crippen molar-refractivity contribution in [3.05, 3.63) is 53.6 Å². The Morgan fingerprint density at radius 3 is 2.57 bits per heavy atom. The summed E-state index contributed by atoms with van der Waals surface area (Å²) in [5.74, 6) is -3.14. The third-order valence-electron chi connectivity index (χ3n) is 4.69. The average Bonchev–Trinajstić information content (AvgIpc) is 3.14. The third-order valence-corrected chi connectivity index (χ3v) is 4.69. The number of nitrogen functional groups attached to an aromatic ring is 1. The van der Waals surface area contributed by atoms with Gasteiger partial charge in [0.1, 0.15) is 24.4 Å². The first-order valence-corrected chi connectivity index (χ1v) is 8.21. The zero-order valence-electron chi connectivity index (χ0n) is 14.1. The molecule has 1 aliphatic rings. The molecule has 8 nitrogen and oxygen atoms in total. The summed E-state index contributed by atoms with van der Waals surface area (Å²) in [6, 6.07) is 2.70. The van der Waals surface area contributed by atoms with Gasteiger partial charge >= 0.3 is 0 Å². The lowest BCUT2D eigenvalue weighted by atomic mass is 9.99. The molecule has 2 aromatic heterocycles. The number of aromatic nitrogens is 3. The molecule has 3 unspecified atom stereocenters. The zero-order valence-corrected chi connectivity index (χ0v) is 14.1. The van der Waals surface area contributed by atoms with Crippen LogP contribution in [0.1, 0.15) is 17.9 Å². The first-order valence-electron chi connectivity index (χ1n) is 8.21. The number of aliphatic hydroxyl groups excluding tert-OH is 3. The highest BCUT2D eigenvalue weighted by Crippen LogP contribution is 2.38.